The molecule has 8 heteroatoms. The summed E-state index contributed by atoms with van der Waals surface area (Å²) in [7, 11) is 0. The number of aromatic nitrogens is 1. The summed E-state index contributed by atoms with van der Waals surface area (Å²) < 4.78 is 0. The number of hydrogen-bond donors (Lipinski definition) is 2. The molecule has 1 heterocycles. The van der Waals surface area contributed by atoms with Gasteiger partial charge < -0.3 is 10.4 Å². The maximum absolute atomic E-state index is 11.3. The average molecular weight is 253 g/mol. The van der Waals surface area contributed by atoms with E-state index in [0.29, 0.717) is 5.56 Å². The third kappa shape index (κ3) is 3.81. The number of nitro groups is 1. The minimum Gasteiger partial charge on any atom is -0.481 e. The van der Waals surface area contributed by atoms with E-state index in [1.165, 1.54) is 13.0 Å². The van der Waals surface area contributed by atoms with Gasteiger partial charge in [-0.25, -0.2) is 4.98 Å². The van der Waals surface area contributed by atoms with Crippen molar-refractivity contribution in [2.45, 2.75) is 19.8 Å². The summed E-state index contributed by atoms with van der Waals surface area (Å²) in [5.74, 6) is -1.41. The quantitative estimate of drug-likeness (QED) is 0.598. The first-order valence-electron chi connectivity index (χ1n) is 5.03. The number of carbonyl (C=O) groups excluding carboxylic acids is 1. The molecule has 0 saturated heterocycles. The number of nitrogens with one attached hydrogen (secondary N) is 1. The molecule has 0 unspecified atom stereocenters. The van der Waals surface area contributed by atoms with Crippen LogP contribution in [0.5, 0.6) is 0 Å². The fourth-order valence-corrected chi connectivity index (χ4v) is 1.23. The van der Waals surface area contributed by atoms with E-state index in [0.717, 1.165) is 6.20 Å². The Balaban J connectivity index is 2.69. The van der Waals surface area contributed by atoms with Crippen LogP contribution in [0.2, 0.25) is 0 Å². The van der Waals surface area contributed by atoms with Crippen LogP contribution in [0.3, 0.4) is 0 Å². The van der Waals surface area contributed by atoms with Crippen LogP contribution in [0.15, 0.2) is 12.3 Å². The number of anilines is 1. The van der Waals surface area contributed by atoms with Crippen molar-refractivity contribution in [3.8, 4) is 0 Å². The Morgan fingerprint density at radius 3 is 2.67 bits per heavy atom. The lowest BCUT2D eigenvalue weighted by Gasteiger charge is -2.04. The minimum absolute atomic E-state index is 0.140. The number of carboxylic acids is 1. The molecule has 0 aliphatic rings. The van der Waals surface area contributed by atoms with Crippen LogP contribution < -0.4 is 5.32 Å². The van der Waals surface area contributed by atoms with Gasteiger partial charge in [0.1, 0.15) is 12.0 Å². The van der Waals surface area contributed by atoms with Crippen LogP contribution in [-0.2, 0) is 9.59 Å². The van der Waals surface area contributed by atoms with Crippen LogP contribution in [0.25, 0.3) is 0 Å². The van der Waals surface area contributed by atoms with Gasteiger partial charge in [0.05, 0.1) is 11.3 Å². The number of carbonyl (C=O) groups is 2. The van der Waals surface area contributed by atoms with Crippen molar-refractivity contribution < 1.29 is 19.6 Å². The summed E-state index contributed by atoms with van der Waals surface area (Å²) in [4.78, 5) is 35.2. The lowest BCUT2D eigenvalue weighted by molar-refractivity contribution is -0.385. The second-order valence-corrected chi connectivity index (χ2v) is 3.56. The summed E-state index contributed by atoms with van der Waals surface area (Å²) in [6.45, 7) is 1.52. The SMILES string of the molecule is Cc1cc(NC(=O)CCC(=O)O)ncc1[N+](=O)[O-]. The highest BCUT2D eigenvalue weighted by Crippen LogP contribution is 2.18. The minimum atomic E-state index is -1.07. The zero-order chi connectivity index (χ0) is 13.7. The molecule has 0 spiro atoms. The van der Waals surface area contributed by atoms with E-state index in [1.54, 1.807) is 0 Å². The smallest absolute Gasteiger partial charge is 0.303 e. The normalized spacial score (nSPS) is 9.83. The molecule has 0 aliphatic carbocycles. The predicted octanol–water partition coefficient (Wildman–Crippen LogP) is 1.10. The van der Waals surface area contributed by atoms with Crippen LogP contribution in [0.4, 0.5) is 11.5 Å². The molecule has 1 amide bonds. The number of pyridine rings is 1. The molecule has 96 valence electrons. The third-order valence-corrected chi connectivity index (χ3v) is 2.11. The molecule has 1 rings (SSSR count). The van der Waals surface area contributed by atoms with Gasteiger partial charge in [-0.2, -0.15) is 0 Å². The van der Waals surface area contributed by atoms with Gasteiger partial charge in [0.25, 0.3) is 5.69 Å². The van der Waals surface area contributed by atoms with Crippen molar-refractivity contribution in [3.63, 3.8) is 0 Å². The van der Waals surface area contributed by atoms with Crippen LogP contribution in [-0.4, -0.2) is 26.9 Å². The highest BCUT2D eigenvalue weighted by Gasteiger charge is 2.13. The lowest BCUT2D eigenvalue weighted by atomic mass is 10.2. The summed E-state index contributed by atoms with van der Waals surface area (Å²) in [6.07, 6.45) is 0.590. The fourth-order valence-electron chi connectivity index (χ4n) is 1.23. The van der Waals surface area contributed by atoms with Gasteiger partial charge in [-0.05, 0) is 13.0 Å². The first kappa shape index (κ1) is 13.6. The number of carboxylic acid groups (broad SMARTS) is 1. The summed E-state index contributed by atoms with van der Waals surface area (Å²) >= 11 is 0. The molecule has 0 atom stereocenters. The highest BCUT2D eigenvalue weighted by atomic mass is 16.6. The highest BCUT2D eigenvalue weighted by molar-refractivity contribution is 5.91. The van der Waals surface area contributed by atoms with Gasteiger partial charge >= 0.3 is 5.97 Å². The van der Waals surface area contributed by atoms with Gasteiger partial charge in [-0.15, -0.1) is 0 Å². The van der Waals surface area contributed by atoms with Gasteiger partial charge in [0.15, 0.2) is 0 Å². The lowest BCUT2D eigenvalue weighted by Crippen LogP contribution is -2.14. The molecule has 0 saturated carbocycles. The molecule has 0 radical (unpaired) electrons. The van der Waals surface area contributed by atoms with Gasteiger partial charge in [0.2, 0.25) is 5.91 Å². The van der Waals surface area contributed by atoms with Crippen molar-refractivity contribution in [3.05, 3.63) is 27.9 Å². The molecule has 2 N–H and O–H groups in total. The van der Waals surface area contributed by atoms with Crippen LogP contribution in [0.1, 0.15) is 18.4 Å². The Hall–Kier alpha value is -2.51. The zero-order valence-corrected chi connectivity index (χ0v) is 9.54. The number of aryl methyl sites for hydroxylation is 1. The van der Waals surface area contributed by atoms with Gasteiger partial charge in [-0.3, -0.25) is 19.7 Å². The van der Waals surface area contributed by atoms with Crippen LogP contribution in [0, 0.1) is 17.0 Å². The summed E-state index contributed by atoms with van der Waals surface area (Å²) in [6, 6.07) is 1.36. The van der Waals surface area contributed by atoms with Crippen molar-refractivity contribution >= 4 is 23.4 Å². The van der Waals surface area contributed by atoms with E-state index in [4.69, 9.17) is 5.11 Å². The van der Waals surface area contributed by atoms with Crippen molar-refractivity contribution in [2.75, 3.05) is 5.32 Å². The number of nitrogens with zero attached hydrogens (tertiary/aromatic N) is 2. The number of hydrogen-bond acceptors (Lipinski definition) is 5. The Labute approximate surface area is 102 Å². The number of aliphatic carboxylic acids is 1. The molecule has 0 fully saturated rings. The molecule has 1 aromatic rings. The molecule has 0 bridgehead atoms. The second-order valence-electron chi connectivity index (χ2n) is 3.56. The first-order chi connectivity index (χ1) is 8.40. The molecule has 1 aromatic heterocycles. The molecular weight excluding hydrogens is 242 g/mol. The van der Waals surface area contributed by atoms with E-state index in [2.05, 4.69) is 10.3 Å². The number of rotatable bonds is 5. The van der Waals surface area contributed by atoms with Crippen LogP contribution >= 0.6 is 0 Å². The first-order valence-corrected chi connectivity index (χ1v) is 5.03. The Morgan fingerprint density at radius 1 is 1.50 bits per heavy atom. The average Bonchev–Trinajstić information content (AvgIpc) is 2.26. The zero-order valence-electron chi connectivity index (χ0n) is 9.54. The molecule has 0 aliphatic heterocycles. The van der Waals surface area contributed by atoms with Gasteiger partial charge in [-0.1, -0.05) is 0 Å². The Morgan fingerprint density at radius 2 is 2.17 bits per heavy atom. The van der Waals surface area contributed by atoms with E-state index >= 15 is 0 Å². The topological polar surface area (TPSA) is 122 Å². The monoisotopic (exact) mass is 253 g/mol. The largest absolute Gasteiger partial charge is 0.481 e. The summed E-state index contributed by atoms with van der Waals surface area (Å²) in [5.41, 5.74) is 0.224. The molecule has 8 nitrogen and oxygen atoms in total. The van der Waals surface area contributed by atoms with E-state index in [9.17, 15) is 19.7 Å². The maximum Gasteiger partial charge on any atom is 0.303 e. The Kier molecular flexibility index (Phi) is 4.30. The number of amides is 1. The standard InChI is InChI=1S/C10H11N3O5/c1-6-4-8(11-5-7(6)13(17)18)12-9(14)2-3-10(15)16/h4-5H,2-3H2,1H3,(H,15,16)(H,11,12,14). The van der Waals surface area contributed by atoms with Crippen molar-refractivity contribution in [1.82, 2.24) is 4.98 Å². The molecule has 18 heavy (non-hydrogen) atoms. The van der Waals surface area contributed by atoms with E-state index in [-0.39, 0.29) is 24.3 Å². The fraction of sp³-hybridized carbons (Fsp3) is 0.300. The Bertz CT molecular complexity index is 500. The molecule has 0 aromatic carbocycles. The van der Waals surface area contributed by atoms with E-state index < -0.39 is 16.8 Å². The third-order valence-electron chi connectivity index (χ3n) is 2.11. The second kappa shape index (κ2) is 5.71. The van der Waals surface area contributed by atoms with Crippen molar-refractivity contribution in [2.24, 2.45) is 0 Å². The maximum atomic E-state index is 11.3. The molecular formula is C10H11N3O5. The van der Waals surface area contributed by atoms with Gasteiger partial charge in [0, 0.05) is 12.0 Å². The summed E-state index contributed by atoms with van der Waals surface area (Å²) in [5, 5.41) is 21.3. The van der Waals surface area contributed by atoms with Crippen molar-refractivity contribution in [1.29, 1.82) is 0 Å². The predicted molar refractivity (Wildman–Crippen MR) is 61.1 cm³/mol. The van der Waals surface area contributed by atoms with E-state index in [1.807, 2.05) is 0 Å².